The summed E-state index contributed by atoms with van der Waals surface area (Å²) >= 11 is 3.49. The Morgan fingerprint density at radius 2 is 2.00 bits per heavy atom. The monoisotopic (exact) mass is 409 g/mol. The zero-order chi connectivity index (χ0) is 17.9. The first kappa shape index (κ1) is 17.0. The van der Waals surface area contributed by atoms with Gasteiger partial charge in [-0.15, -0.1) is 0 Å². The molecule has 26 heavy (non-hydrogen) atoms. The summed E-state index contributed by atoms with van der Waals surface area (Å²) in [5.74, 6) is 0.267. The summed E-state index contributed by atoms with van der Waals surface area (Å²) in [6.45, 7) is 2.32. The van der Waals surface area contributed by atoms with Crippen LogP contribution in [0.4, 0.5) is 5.69 Å². The van der Waals surface area contributed by atoms with E-state index in [1.54, 1.807) is 0 Å². The van der Waals surface area contributed by atoms with Gasteiger partial charge >= 0.3 is 0 Å². The number of nitrogens with one attached hydrogen (secondary N) is 1. The molecule has 0 saturated carbocycles. The van der Waals surface area contributed by atoms with Gasteiger partial charge in [-0.1, -0.05) is 40.2 Å². The summed E-state index contributed by atoms with van der Waals surface area (Å²) in [6, 6.07) is 16.6. The lowest BCUT2D eigenvalue weighted by Crippen LogP contribution is -2.23. The number of benzene rings is 2. The number of rotatable bonds is 5. The minimum atomic E-state index is 0.267. The van der Waals surface area contributed by atoms with Gasteiger partial charge in [-0.25, -0.2) is 0 Å². The van der Waals surface area contributed by atoms with Crippen LogP contribution in [0.5, 0.6) is 0 Å². The molecule has 2 aromatic carbocycles. The number of fused-ring (bicyclic) bond motifs is 1. The van der Waals surface area contributed by atoms with Crippen molar-refractivity contribution >= 4 is 38.4 Å². The van der Waals surface area contributed by atoms with Crippen LogP contribution in [-0.2, 0) is 17.9 Å². The lowest BCUT2D eigenvalue weighted by atomic mass is 10.1. The second-order valence-electron chi connectivity index (χ2n) is 6.61. The molecule has 1 N–H and O–H groups in total. The van der Waals surface area contributed by atoms with Crippen molar-refractivity contribution in [1.29, 1.82) is 0 Å². The van der Waals surface area contributed by atoms with E-state index in [1.165, 1.54) is 11.1 Å². The molecule has 0 unspecified atom stereocenters. The number of carbonyl (C=O) groups is 1. The summed E-state index contributed by atoms with van der Waals surface area (Å²) in [7, 11) is 0. The van der Waals surface area contributed by atoms with Gasteiger partial charge in [0.05, 0.1) is 5.52 Å². The van der Waals surface area contributed by atoms with Crippen LogP contribution in [0, 0.1) is 0 Å². The molecule has 1 aromatic heterocycles. The number of anilines is 1. The summed E-state index contributed by atoms with van der Waals surface area (Å²) in [4.78, 5) is 18.2. The maximum absolute atomic E-state index is 11.8. The molecule has 0 atom stereocenters. The molecule has 132 valence electrons. The second kappa shape index (κ2) is 7.46. The molecule has 0 spiro atoms. The lowest BCUT2D eigenvalue weighted by molar-refractivity contribution is -0.128. The minimum absolute atomic E-state index is 0.267. The normalized spacial score (nSPS) is 14.2. The number of halogens is 1. The number of hydrogen-bond donors (Lipinski definition) is 1. The van der Waals surface area contributed by atoms with Gasteiger partial charge in [0.2, 0.25) is 5.91 Å². The summed E-state index contributed by atoms with van der Waals surface area (Å²) in [5.41, 5.74) is 4.42. The molecule has 4 nitrogen and oxygen atoms in total. The van der Waals surface area contributed by atoms with E-state index in [2.05, 4.69) is 56.6 Å². The first-order chi connectivity index (χ1) is 12.7. The molecule has 0 aliphatic carbocycles. The average Bonchev–Trinajstić information content (AvgIpc) is 3.04. The smallest absolute Gasteiger partial charge is 0.222 e. The van der Waals surface area contributed by atoms with Crippen molar-refractivity contribution in [2.45, 2.75) is 25.9 Å². The Morgan fingerprint density at radius 3 is 2.85 bits per heavy atom. The van der Waals surface area contributed by atoms with E-state index >= 15 is 0 Å². The fourth-order valence-electron chi connectivity index (χ4n) is 3.40. The van der Waals surface area contributed by atoms with Gasteiger partial charge in [0.15, 0.2) is 0 Å². The van der Waals surface area contributed by atoms with Crippen molar-refractivity contribution in [3.63, 3.8) is 0 Å². The standard InChI is InChI=1S/C21H20BrN3O/c22-17-6-7-18-19(8-9-23-20(18)12-17)24-13-15-3-1-4-16(11-15)14-25-10-2-5-21(25)26/h1,3-4,6-9,11-12H,2,5,10,13-14H2,(H,23,24). The highest BCUT2D eigenvalue weighted by atomic mass is 79.9. The molecule has 0 radical (unpaired) electrons. The summed E-state index contributed by atoms with van der Waals surface area (Å²) in [6.07, 6.45) is 3.49. The Morgan fingerprint density at radius 1 is 1.12 bits per heavy atom. The number of nitrogens with zero attached hydrogens (tertiary/aromatic N) is 2. The molecule has 1 amide bonds. The highest BCUT2D eigenvalue weighted by Crippen LogP contribution is 2.25. The molecular weight excluding hydrogens is 390 g/mol. The number of hydrogen-bond acceptors (Lipinski definition) is 3. The van der Waals surface area contributed by atoms with E-state index in [0.29, 0.717) is 13.0 Å². The Bertz CT molecular complexity index is 957. The predicted octanol–water partition coefficient (Wildman–Crippen LogP) is 4.73. The number of amides is 1. The third-order valence-corrected chi connectivity index (χ3v) is 5.22. The Hall–Kier alpha value is -2.40. The fourth-order valence-corrected chi connectivity index (χ4v) is 3.75. The van der Waals surface area contributed by atoms with Crippen LogP contribution in [-0.4, -0.2) is 22.3 Å². The quantitative estimate of drug-likeness (QED) is 0.662. The van der Waals surface area contributed by atoms with E-state index in [0.717, 1.165) is 40.6 Å². The van der Waals surface area contributed by atoms with Crippen molar-refractivity contribution in [3.8, 4) is 0 Å². The molecule has 0 bridgehead atoms. The SMILES string of the molecule is O=C1CCCN1Cc1cccc(CNc2ccnc3cc(Br)ccc23)c1. The average molecular weight is 410 g/mol. The van der Waals surface area contributed by atoms with E-state index < -0.39 is 0 Å². The molecule has 1 aliphatic rings. The van der Waals surface area contributed by atoms with Crippen LogP contribution in [0.3, 0.4) is 0 Å². The topological polar surface area (TPSA) is 45.2 Å². The third-order valence-electron chi connectivity index (χ3n) is 4.72. The molecular formula is C21H20BrN3O. The van der Waals surface area contributed by atoms with E-state index in [1.807, 2.05) is 29.3 Å². The van der Waals surface area contributed by atoms with Crippen LogP contribution >= 0.6 is 15.9 Å². The fraction of sp³-hybridized carbons (Fsp3) is 0.238. The maximum atomic E-state index is 11.8. The third kappa shape index (κ3) is 3.73. The molecule has 2 heterocycles. The molecule has 3 aromatic rings. The van der Waals surface area contributed by atoms with E-state index in [4.69, 9.17) is 0 Å². The number of carbonyl (C=O) groups excluding carboxylic acids is 1. The summed E-state index contributed by atoms with van der Waals surface area (Å²) < 4.78 is 1.03. The molecule has 4 rings (SSSR count). The van der Waals surface area contributed by atoms with Gasteiger partial charge < -0.3 is 10.2 Å². The molecule has 1 aliphatic heterocycles. The van der Waals surface area contributed by atoms with Crippen LogP contribution in [0.1, 0.15) is 24.0 Å². The van der Waals surface area contributed by atoms with Gasteiger partial charge in [0.1, 0.15) is 0 Å². The highest BCUT2D eigenvalue weighted by molar-refractivity contribution is 9.10. The second-order valence-corrected chi connectivity index (χ2v) is 7.53. The van der Waals surface area contributed by atoms with Crippen molar-refractivity contribution < 1.29 is 4.79 Å². The van der Waals surface area contributed by atoms with Gasteiger partial charge in [0.25, 0.3) is 0 Å². The Labute approximate surface area is 161 Å². The van der Waals surface area contributed by atoms with Gasteiger partial charge in [-0.2, -0.15) is 0 Å². The maximum Gasteiger partial charge on any atom is 0.222 e. The number of pyridine rings is 1. The van der Waals surface area contributed by atoms with Crippen molar-refractivity contribution in [1.82, 2.24) is 9.88 Å². The molecule has 1 fully saturated rings. The van der Waals surface area contributed by atoms with E-state index in [-0.39, 0.29) is 5.91 Å². The van der Waals surface area contributed by atoms with Crippen LogP contribution in [0.15, 0.2) is 59.2 Å². The number of aromatic nitrogens is 1. The van der Waals surface area contributed by atoms with Gasteiger partial charge in [-0.3, -0.25) is 9.78 Å². The largest absolute Gasteiger partial charge is 0.380 e. The Kier molecular flexibility index (Phi) is 4.89. The first-order valence-electron chi connectivity index (χ1n) is 8.83. The van der Waals surface area contributed by atoms with Gasteiger partial charge in [-0.05, 0) is 41.8 Å². The van der Waals surface area contributed by atoms with Gasteiger partial charge in [0, 0.05) is 47.8 Å². The number of likely N-dealkylation sites (tertiary alicyclic amines) is 1. The lowest BCUT2D eigenvalue weighted by Gasteiger charge is -2.16. The zero-order valence-electron chi connectivity index (χ0n) is 14.4. The predicted molar refractivity (Wildman–Crippen MR) is 108 cm³/mol. The van der Waals surface area contributed by atoms with Crippen molar-refractivity contribution in [3.05, 3.63) is 70.3 Å². The van der Waals surface area contributed by atoms with Crippen LogP contribution in [0.25, 0.3) is 10.9 Å². The molecule has 5 heteroatoms. The van der Waals surface area contributed by atoms with Crippen LogP contribution < -0.4 is 5.32 Å². The van der Waals surface area contributed by atoms with Crippen molar-refractivity contribution in [2.24, 2.45) is 0 Å². The van der Waals surface area contributed by atoms with Crippen molar-refractivity contribution in [2.75, 3.05) is 11.9 Å². The first-order valence-corrected chi connectivity index (χ1v) is 9.62. The minimum Gasteiger partial charge on any atom is -0.380 e. The zero-order valence-corrected chi connectivity index (χ0v) is 16.0. The Balaban J connectivity index is 1.48. The van der Waals surface area contributed by atoms with Crippen LogP contribution in [0.2, 0.25) is 0 Å². The highest BCUT2D eigenvalue weighted by Gasteiger charge is 2.19. The van der Waals surface area contributed by atoms with E-state index in [9.17, 15) is 4.79 Å². The molecule has 1 saturated heterocycles. The summed E-state index contributed by atoms with van der Waals surface area (Å²) in [5, 5.41) is 4.62.